The highest BCUT2D eigenvalue weighted by Gasteiger charge is 2.18. The Kier molecular flexibility index (Phi) is 6.22. The molecule has 0 bridgehead atoms. The van der Waals surface area contributed by atoms with Crippen LogP contribution in [0.1, 0.15) is 11.1 Å². The zero-order valence-electron chi connectivity index (χ0n) is 25.8. The molecule has 0 N–H and O–H groups in total. The standard InChI is InChI=1S/C44H26N4/c45-27-32-25-39(44(26-33(32)28-46)48-42-15-7-3-11-37(42)38-12-4-8-16-43(38)48)31-19-17-29(18-20-31)30-21-23-34(24-22-30)47-40-13-5-1-9-35(40)36-10-2-6-14-41(36)47/h1-26H. The fourth-order valence-electron chi connectivity index (χ4n) is 7.22. The van der Waals surface area contributed by atoms with Crippen molar-refractivity contribution in [2.24, 2.45) is 0 Å². The molecule has 0 radical (unpaired) electrons. The molecule has 4 heteroatoms. The van der Waals surface area contributed by atoms with E-state index in [1.807, 2.05) is 36.4 Å². The maximum Gasteiger partial charge on any atom is 0.101 e. The third kappa shape index (κ3) is 4.14. The maximum absolute atomic E-state index is 9.99. The summed E-state index contributed by atoms with van der Waals surface area (Å²) in [6.45, 7) is 0. The van der Waals surface area contributed by atoms with Crippen LogP contribution in [0.2, 0.25) is 0 Å². The Morgan fingerprint density at radius 1 is 0.375 bits per heavy atom. The van der Waals surface area contributed by atoms with Crippen molar-refractivity contribution in [3.05, 3.63) is 169 Å². The molecular formula is C44H26N4. The van der Waals surface area contributed by atoms with Gasteiger partial charge in [-0.25, -0.2) is 0 Å². The van der Waals surface area contributed by atoms with Crippen LogP contribution in [0.4, 0.5) is 0 Å². The van der Waals surface area contributed by atoms with Gasteiger partial charge < -0.3 is 9.13 Å². The van der Waals surface area contributed by atoms with Crippen LogP contribution in [0, 0.1) is 22.7 Å². The molecule has 48 heavy (non-hydrogen) atoms. The molecule has 0 aliphatic heterocycles. The van der Waals surface area contributed by atoms with Crippen LogP contribution >= 0.6 is 0 Å². The lowest BCUT2D eigenvalue weighted by molar-refractivity contribution is 1.17. The van der Waals surface area contributed by atoms with Crippen LogP contribution in [-0.4, -0.2) is 9.13 Å². The number of fused-ring (bicyclic) bond motifs is 6. The molecule has 9 rings (SSSR count). The van der Waals surface area contributed by atoms with E-state index < -0.39 is 0 Å². The molecule has 0 unspecified atom stereocenters. The first-order chi connectivity index (χ1) is 23.7. The quantitative estimate of drug-likeness (QED) is 0.199. The Labute approximate surface area is 277 Å². The van der Waals surface area contributed by atoms with Gasteiger partial charge in [-0.1, -0.05) is 109 Å². The first-order valence-electron chi connectivity index (χ1n) is 15.9. The van der Waals surface area contributed by atoms with Crippen molar-refractivity contribution >= 4 is 43.6 Å². The zero-order chi connectivity index (χ0) is 32.2. The lowest BCUT2D eigenvalue weighted by Crippen LogP contribution is -2.00. The number of para-hydroxylation sites is 4. The molecular weight excluding hydrogens is 585 g/mol. The van der Waals surface area contributed by atoms with Crippen LogP contribution in [-0.2, 0) is 0 Å². The van der Waals surface area contributed by atoms with Crippen molar-refractivity contribution in [2.45, 2.75) is 0 Å². The largest absolute Gasteiger partial charge is 0.309 e. The number of aromatic nitrogens is 2. The Hall–Kier alpha value is -6.88. The molecule has 4 nitrogen and oxygen atoms in total. The van der Waals surface area contributed by atoms with Gasteiger partial charge in [0.25, 0.3) is 0 Å². The van der Waals surface area contributed by atoms with Gasteiger partial charge >= 0.3 is 0 Å². The summed E-state index contributed by atoms with van der Waals surface area (Å²) < 4.78 is 4.54. The van der Waals surface area contributed by atoms with E-state index in [9.17, 15) is 10.5 Å². The summed E-state index contributed by atoms with van der Waals surface area (Å²) in [6, 6.07) is 59.1. The van der Waals surface area contributed by atoms with Crippen LogP contribution in [0.5, 0.6) is 0 Å². The lowest BCUT2D eigenvalue weighted by Gasteiger charge is -2.16. The predicted molar refractivity (Wildman–Crippen MR) is 195 cm³/mol. The predicted octanol–water partition coefficient (Wildman–Crippen LogP) is 11.0. The fraction of sp³-hybridized carbons (Fsp3) is 0. The zero-order valence-corrected chi connectivity index (χ0v) is 25.8. The van der Waals surface area contributed by atoms with Gasteiger partial charge in [0.05, 0.1) is 38.9 Å². The fourth-order valence-corrected chi connectivity index (χ4v) is 7.22. The normalized spacial score (nSPS) is 11.3. The van der Waals surface area contributed by atoms with Crippen molar-refractivity contribution in [1.82, 2.24) is 9.13 Å². The van der Waals surface area contributed by atoms with Crippen LogP contribution in [0.15, 0.2) is 158 Å². The van der Waals surface area contributed by atoms with E-state index in [1.54, 1.807) is 0 Å². The average molecular weight is 611 g/mol. The summed E-state index contributed by atoms with van der Waals surface area (Å²) in [4.78, 5) is 0. The smallest absolute Gasteiger partial charge is 0.101 e. The lowest BCUT2D eigenvalue weighted by atomic mass is 9.95. The van der Waals surface area contributed by atoms with E-state index in [-0.39, 0.29) is 0 Å². The van der Waals surface area contributed by atoms with E-state index in [4.69, 9.17) is 0 Å². The second-order valence-electron chi connectivity index (χ2n) is 12.0. The molecule has 2 aromatic heterocycles. The van der Waals surface area contributed by atoms with Gasteiger partial charge in [0, 0.05) is 32.8 Å². The third-order valence-electron chi connectivity index (χ3n) is 9.43. The molecule has 0 atom stereocenters. The second kappa shape index (κ2) is 10.9. The molecule has 2 heterocycles. The van der Waals surface area contributed by atoms with Crippen molar-refractivity contribution < 1.29 is 0 Å². The van der Waals surface area contributed by atoms with Gasteiger partial charge in [-0.05, 0) is 65.2 Å². The summed E-state index contributed by atoms with van der Waals surface area (Å²) in [5.41, 5.74) is 11.3. The molecule has 0 aliphatic carbocycles. The van der Waals surface area contributed by atoms with E-state index >= 15 is 0 Å². The summed E-state index contributed by atoms with van der Waals surface area (Å²) in [5, 5.41) is 24.7. The van der Waals surface area contributed by atoms with Gasteiger partial charge in [-0.3, -0.25) is 0 Å². The summed E-state index contributed by atoms with van der Waals surface area (Å²) >= 11 is 0. The second-order valence-corrected chi connectivity index (χ2v) is 12.0. The van der Waals surface area contributed by atoms with Crippen molar-refractivity contribution in [1.29, 1.82) is 10.5 Å². The van der Waals surface area contributed by atoms with Crippen molar-refractivity contribution in [3.8, 4) is 45.8 Å². The molecule has 9 aromatic rings. The van der Waals surface area contributed by atoms with Gasteiger partial charge in [0.15, 0.2) is 0 Å². The van der Waals surface area contributed by atoms with Crippen molar-refractivity contribution in [3.63, 3.8) is 0 Å². The highest BCUT2D eigenvalue weighted by molar-refractivity contribution is 6.10. The van der Waals surface area contributed by atoms with Crippen molar-refractivity contribution in [2.75, 3.05) is 0 Å². The maximum atomic E-state index is 9.99. The topological polar surface area (TPSA) is 57.4 Å². The first kappa shape index (κ1) is 27.4. The van der Waals surface area contributed by atoms with E-state index in [1.165, 1.54) is 21.8 Å². The SMILES string of the molecule is N#Cc1cc(-c2ccc(-c3ccc(-n4c5ccccc5c5ccccc54)cc3)cc2)c(-n2c3ccccc3c3ccccc32)cc1C#N. The Morgan fingerprint density at radius 3 is 1.21 bits per heavy atom. The number of hydrogen-bond acceptors (Lipinski definition) is 2. The molecule has 0 amide bonds. The summed E-state index contributed by atoms with van der Waals surface area (Å²) in [5.74, 6) is 0. The molecule has 7 aromatic carbocycles. The first-order valence-corrected chi connectivity index (χ1v) is 15.9. The van der Waals surface area contributed by atoms with Crippen LogP contribution < -0.4 is 0 Å². The number of hydrogen-bond donors (Lipinski definition) is 0. The van der Waals surface area contributed by atoms with E-state index in [0.717, 1.165) is 55.4 Å². The van der Waals surface area contributed by atoms with Crippen LogP contribution in [0.3, 0.4) is 0 Å². The van der Waals surface area contributed by atoms with Gasteiger partial charge in [0.1, 0.15) is 12.1 Å². The molecule has 0 fully saturated rings. The highest BCUT2D eigenvalue weighted by Crippen LogP contribution is 2.38. The van der Waals surface area contributed by atoms with Crippen LogP contribution in [0.25, 0.3) is 77.2 Å². The Balaban J connectivity index is 1.15. The summed E-state index contributed by atoms with van der Waals surface area (Å²) in [7, 11) is 0. The van der Waals surface area contributed by atoms with E-state index in [2.05, 4.69) is 143 Å². The van der Waals surface area contributed by atoms with E-state index in [0.29, 0.717) is 11.1 Å². The Bertz CT molecular complexity index is 2680. The average Bonchev–Trinajstić information content (AvgIpc) is 3.67. The van der Waals surface area contributed by atoms with Gasteiger partial charge in [0.2, 0.25) is 0 Å². The number of benzene rings is 7. The number of nitriles is 2. The van der Waals surface area contributed by atoms with Gasteiger partial charge in [-0.15, -0.1) is 0 Å². The third-order valence-corrected chi connectivity index (χ3v) is 9.43. The molecule has 0 saturated carbocycles. The molecule has 222 valence electrons. The minimum Gasteiger partial charge on any atom is -0.309 e. The molecule has 0 aliphatic rings. The molecule has 0 saturated heterocycles. The minimum absolute atomic E-state index is 0.359. The minimum atomic E-state index is 0.359. The monoisotopic (exact) mass is 610 g/mol. The highest BCUT2D eigenvalue weighted by atomic mass is 15.0. The van der Waals surface area contributed by atoms with Gasteiger partial charge in [-0.2, -0.15) is 10.5 Å². The molecule has 0 spiro atoms. The number of rotatable bonds is 4. The summed E-state index contributed by atoms with van der Waals surface area (Å²) in [6.07, 6.45) is 0. The Morgan fingerprint density at radius 2 is 0.750 bits per heavy atom. The number of nitrogens with zero attached hydrogens (tertiary/aromatic N) is 4.